The fourth-order valence-electron chi connectivity index (χ4n) is 2.12. The van der Waals surface area contributed by atoms with Crippen LogP contribution in [0.2, 0.25) is 0 Å². The summed E-state index contributed by atoms with van der Waals surface area (Å²) in [6, 6.07) is 1.97. The van der Waals surface area contributed by atoms with Gasteiger partial charge in [0.15, 0.2) is 5.69 Å². The van der Waals surface area contributed by atoms with Gasteiger partial charge in [-0.3, -0.25) is 0 Å². The van der Waals surface area contributed by atoms with E-state index in [2.05, 4.69) is 34.2 Å². The lowest BCUT2D eigenvalue weighted by molar-refractivity contribution is 0.150. The zero-order valence-electron chi connectivity index (χ0n) is 11.0. The van der Waals surface area contributed by atoms with Crippen molar-refractivity contribution >= 4 is 5.82 Å². The molecule has 1 aliphatic rings. The van der Waals surface area contributed by atoms with Crippen molar-refractivity contribution in [1.82, 2.24) is 14.9 Å². The van der Waals surface area contributed by atoms with Crippen molar-refractivity contribution in [2.75, 3.05) is 32.0 Å². The Kier molecular flexibility index (Phi) is 3.78. The molecule has 0 bridgehead atoms. The molecule has 1 aromatic rings. The molecule has 1 aromatic heterocycles. The molecule has 18 heavy (non-hydrogen) atoms. The van der Waals surface area contributed by atoms with Crippen molar-refractivity contribution < 1.29 is 0 Å². The molecule has 0 aromatic carbocycles. The number of piperidine rings is 1. The lowest BCUT2D eigenvalue weighted by Gasteiger charge is -2.38. The molecular formula is C13H19N5. The van der Waals surface area contributed by atoms with E-state index in [9.17, 15) is 0 Å². The molecular weight excluding hydrogens is 226 g/mol. The van der Waals surface area contributed by atoms with Crippen molar-refractivity contribution in [2.24, 2.45) is 5.41 Å². The van der Waals surface area contributed by atoms with E-state index < -0.39 is 0 Å². The molecule has 1 N–H and O–H groups in total. The average Bonchev–Trinajstić information content (AvgIpc) is 2.41. The van der Waals surface area contributed by atoms with Gasteiger partial charge in [-0.25, -0.2) is 9.97 Å². The van der Waals surface area contributed by atoms with E-state index in [1.807, 2.05) is 6.07 Å². The van der Waals surface area contributed by atoms with Gasteiger partial charge in [0.05, 0.1) is 12.4 Å². The summed E-state index contributed by atoms with van der Waals surface area (Å²) in [6.45, 7) is 5.51. The number of nitriles is 1. The van der Waals surface area contributed by atoms with Gasteiger partial charge < -0.3 is 10.2 Å². The first-order valence-electron chi connectivity index (χ1n) is 6.26. The third-order valence-electron chi connectivity index (χ3n) is 3.66. The number of anilines is 1. The summed E-state index contributed by atoms with van der Waals surface area (Å²) in [6.07, 6.45) is 5.51. The summed E-state index contributed by atoms with van der Waals surface area (Å²) >= 11 is 0. The number of hydrogen-bond donors (Lipinski definition) is 1. The normalized spacial score (nSPS) is 19.2. The Morgan fingerprint density at radius 2 is 2.11 bits per heavy atom. The monoisotopic (exact) mass is 245 g/mol. The maximum Gasteiger partial charge on any atom is 0.158 e. The Labute approximate surface area is 108 Å². The third-order valence-corrected chi connectivity index (χ3v) is 3.66. The Balaban J connectivity index is 1.89. The molecule has 1 aliphatic heterocycles. The summed E-state index contributed by atoms with van der Waals surface area (Å²) in [5, 5.41) is 12.0. The summed E-state index contributed by atoms with van der Waals surface area (Å²) in [5.41, 5.74) is 0.674. The van der Waals surface area contributed by atoms with Crippen LogP contribution in [0.25, 0.3) is 0 Å². The summed E-state index contributed by atoms with van der Waals surface area (Å²) in [5.74, 6) is 0.745. The summed E-state index contributed by atoms with van der Waals surface area (Å²) < 4.78 is 0. The first-order valence-corrected chi connectivity index (χ1v) is 6.26. The molecule has 0 aliphatic carbocycles. The predicted molar refractivity (Wildman–Crippen MR) is 70.1 cm³/mol. The highest BCUT2D eigenvalue weighted by molar-refractivity contribution is 5.33. The maximum absolute atomic E-state index is 8.65. The number of hydrogen-bond acceptors (Lipinski definition) is 5. The minimum atomic E-state index is 0.322. The van der Waals surface area contributed by atoms with Gasteiger partial charge in [-0.05, 0) is 38.4 Å². The zero-order valence-corrected chi connectivity index (χ0v) is 11.0. The predicted octanol–water partition coefficient (Wildman–Crippen LogP) is 1.49. The number of nitrogens with one attached hydrogen (secondary N) is 1. The molecule has 0 saturated carbocycles. The molecule has 5 heteroatoms. The molecule has 0 unspecified atom stereocenters. The van der Waals surface area contributed by atoms with Gasteiger partial charge in [-0.15, -0.1) is 0 Å². The van der Waals surface area contributed by atoms with Crippen LogP contribution in [0.3, 0.4) is 0 Å². The molecule has 2 rings (SSSR count). The van der Waals surface area contributed by atoms with Crippen LogP contribution in [0.15, 0.2) is 12.4 Å². The quantitative estimate of drug-likeness (QED) is 0.874. The molecule has 0 amide bonds. The van der Waals surface area contributed by atoms with Crippen LogP contribution >= 0.6 is 0 Å². The van der Waals surface area contributed by atoms with E-state index in [-0.39, 0.29) is 0 Å². The van der Waals surface area contributed by atoms with E-state index in [4.69, 9.17) is 5.26 Å². The van der Waals surface area contributed by atoms with Gasteiger partial charge in [0.2, 0.25) is 0 Å². The number of likely N-dealkylation sites (tertiary alicyclic amines) is 1. The number of rotatable bonds is 3. The molecule has 2 heterocycles. The molecule has 1 saturated heterocycles. The number of aromatic nitrogens is 2. The van der Waals surface area contributed by atoms with Crippen LogP contribution < -0.4 is 5.32 Å². The largest absolute Gasteiger partial charge is 0.368 e. The van der Waals surface area contributed by atoms with Crippen molar-refractivity contribution in [1.29, 1.82) is 5.26 Å². The molecule has 0 atom stereocenters. The molecule has 0 spiro atoms. The molecule has 96 valence electrons. The van der Waals surface area contributed by atoms with Crippen LogP contribution in [0, 0.1) is 16.7 Å². The Bertz CT molecular complexity index is 426. The average molecular weight is 245 g/mol. The van der Waals surface area contributed by atoms with Crippen LogP contribution in [-0.2, 0) is 0 Å². The van der Waals surface area contributed by atoms with E-state index in [0.717, 1.165) is 25.5 Å². The topological polar surface area (TPSA) is 64.8 Å². The lowest BCUT2D eigenvalue weighted by Crippen LogP contribution is -2.40. The van der Waals surface area contributed by atoms with Gasteiger partial charge >= 0.3 is 0 Å². The fraction of sp³-hybridized carbons (Fsp3) is 0.615. The second-order valence-electron chi connectivity index (χ2n) is 5.37. The Morgan fingerprint density at radius 1 is 1.39 bits per heavy atom. The lowest BCUT2D eigenvalue weighted by atomic mass is 9.80. The van der Waals surface area contributed by atoms with E-state index in [1.54, 1.807) is 6.20 Å². The zero-order chi connectivity index (χ0) is 13.0. The van der Waals surface area contributed by atoms with Gasteiger partial charge in [0, 0.05) is 6.54 Å². The highest BCUT2D eigenvalue weighted by atomic mass is 15.1. The maximum atomic E-state index is 8.65. The minimum absolute atomic E-state index is 0.322. The van der Waals surface area contributed by atoms with Crippen molar-refractivity contribution in [3.05, 3.63) is 18.1 Å². The highest BCUT2D eigenvalue weighted by Gasteiger charge is 2.28. The molecule has 5 nitrogen and oxygen atoms in total. The minimum Gasteiger partial charge on any atom is -0.368 e. The molecule has 1 fully saturated rings. The smallest absolute Gasteiger partial charge is 0.158 e. The van der Waals surface area contributed by atoms with Crippen LogP contribution in [0.1, 0.15) is 25.5 Å². The van der Waals surface area contributed by atoms with Crippen LogP contribution in [0.5, 0.6) is 0 Å². The van der Waals surface area contributed by atoms with Gasteiger partial charge in [0.1, 0.15) is 11.9 Å². The Morgan fingerprint density at radius 3 is 2.67 bits per heavy atom. The third kappa shape index (κ3) is 3.17. The second kappa shape index (κ2) is 5.32. The molecule has 0 radical (unpaired) electrons. The fourth-order valence-corrected chi connectivity index (χ4v) is 2.12. The second-order valence-corrected chi connectivity index (χ2v) is 5.37. The summed E-state index contributed by atoms with van der Waals surface area (Å²) in [7, 11) is 2.17. The first kappa shape index (κ1) is 12.8. The van der Waals surface area contributed by atoms with E-state index >= 15 is 0 Å². The van der Waals surface area contributed by atoms with Crippen molar-refractivity contribution in [2.45, 2.75) is 19.8 Å². The SMILES string of the molecule is CN1CCC(C)(CNc2cnc(C#N)cn2)CC1. The summed E-state index contributed by atoms with van der Waals surface area (Å²) in [4.78, 5) is 10.5. The van der Waals surface area contributed by atoms with Crippen molar-refractivity contribution in [3.8, 4) is 6.07 Å². The standard InChI is InChI=1S/C13H19N5/c1-13(3-5-18(2)6-4-13)10-17-12-9-15-11(7-14)8-16-12/h8-9H,3-6,10H2,1-2H3,(H,16,17). The van der Waals surface area contributed by atoms with Crippen LogP contribution in [0.4, 0.5) is 5.82 Å². The Hall–Kier alpha value is -1.67. The van der Waals surface area contributed by atoms with Crippen molar-refractivity contribution in [3.63, 3.8) is 0 Å². The van der Waals surface area contributed by atoms with E-state index in [1.165, 1.54) is 19.0 Å². The first-order chi connectivity index (χ1) is 8.61. The van der Waals surface area contributed by atoms with Crippen LogP contribution in [-0.4, -0.2) is 41.5 Å². The highest BCUT2D eigenvalue weighted by Crippen LogP contribution is 2.30. The number of nitrogens with zero attached hydrogens (tertiary/aromatic N) is 4. The van der Waals surface area contributed by atoms with Gasteiger partial charge in [-0.2, -0.15) is 5.26 Å². The van der Waals surface area contributed by atoms with E-state index in [0.29, 0.717) is 11.1 Å². The van der Waals surface area contributed by atoms with Gasteiger partial charge in [-0.1, -0.05) is 6.92 Å². The van der Waals surface area contributed by atoms with Gasteiger partial charge in [0.25, 0.3) is 0 Å².